The Morgan fingerprint density at radius 3 is 2.24 bits per heavy atom. The van der Waals surface area contributed by atoms with Crippen LogP contribution in [0.3, 0.4) is 0 Å². The molecule has 1 aromatic heterocycles. The number of rotatable bonds is 14. The lowest BCUT2D eigenvalue weighted by atomic mass is 9.97. The second-order valence-electron chi connectivity index (χ2n) is 9.51. The Kier molecular flexibility index (Phi) is 12.1. The molecule has 3 heterocycles. The third kappa shape index (κ3) is 7.86. The van der Waals surface area contributed by atoms with E-state index in [1.807, 2.05) is 10.9 Å². The maximum atomic E-state index is 10.6. The lowest BCUT2D eigenvalue weighted by Crippen LogP contribution is -2.64. The minimum absolute atomic E-state index is 0.218. The van der Waals surface area contributed by atoms with Crippen LogP contribution in [-0.4, -0.2) is 132 Å². The zero-order valence-corrected chi connectivity index (χ0v) is 21.0. The van der Waals surface area contributed by atoms with Crippen LogP contribution in [0.25, 0.3) is 0 Å². The van der Waals surface area contributed by atoms with Gasteiger partial charge in [0, 0.05) is 19.3 Å². The average Bonchev–Trinajstić information content (AvgIpc) is 3.35. The van der Waals surface area contributed by atoms with E-state index in [1.54, 1.807) is 0 Å². The highest BCUT2D eigenvalue weighted by atomic mass is 16.7. The third-order valence-electron chi connectivity index (χ3n) is 6.65. The Hall–Kier alpha value is -1.30. The normalized spacial score (nSPS) is 36.6. The van der Waals surface area contributed by atoms with Crippen LogP contribution in [0.2, 0.25) is 0 Å². The first kappa shape index (κ1) is 30.2. The highest BCUT2D eigenvalue weighted by Gasteiger charge is 2.50. The van der Waals surface area contributed by atoms with Crippen molar-refractivity contribution in [1.29, 1.82) is 0 Å². The number of ether oxygens (including phenoxy) is 4. The van der Waals surface area contributed by atoms with E-state index in [9.17, 15) is 35.7 Å². The quantitative estimate of drug-likeness (QED) is 0.122. The number of hydrogen-bond acceptors (Lipinski definition) is 13. The van der Waals surface area contributed by atoms with Gasteiger partial charge in [0.15, 0.2) is 12.6 Å². The van der Waals surface area contributed by atoms with E-state index in [4.69, 9.17) is 18.9 Å². The van der Waals surface area contributed by atoms with E-state index >= 15 is 0 Å². The zero-order valence-electron chi connectivity index (χ0n) is 21.0. The Morgan fingerprint density at radius 2 is 1.54 bits per heavy atom. The molecule has 2 aliphatic rings. The van der Waals surface area contributed by atoms with Gasteiger partial charge in [-0.05, 0) is 25.7 Å². The topological polar surface area (TPSA) is 209 Å². The number of hydrogen-bond donors (Lipinski definition) is 7. The van der Waals surface area contributed by atoms with Gasteiger partial charge < -0.3 is 54.7 Å². The summed E-state index contributed by atoms with van der Waals surface area (Å²) in [5.41, 5.74) is 0.884. The number of nitrogens with zero attached hydrogens (tertiary/aromatic N) is 3. The fourth-order valence-electron chi connectivity index (χ4n) is 4.39. The molecule has 0 bridgehead atoms. The lowest BCUT2D eigenvalue weighted by Gasteiger charge is -2.45. The van der Waals surface area contributed by atoms with Gasteiger partial charge in [-0.1, -0.05) is 25.0 Å². The molecule has 2 saturated heterocycles. The summed E-state index contributed by atoms with van der Waals surface area (Å²) in [6.45, 7) is 1.94. The van der Waals surface area contributed by atoms with E-state index < -0.39 is 74.6 Å². The van der Waals surface area contributed by atoms with Crippen LogP contribution in [0, 0.1) is 0 Å². The first-order valence-corrected chi connectivity index (χ1v) is 12.9. The molecule has 214 valence electrons. The van der Waals surface area contributed by atoms with E-state index in [2.05, 4.69) is 17.2 Å². The second-order valence-corrected chi connectivity index (χ2v) is 9.51. The summed E-state index contributed by atoms with van der Waals surface area (Å²) in [4.78, 5) is 0. The molecule has 37 heavy (non-hydrogen) atoms. The van der Waals surface area contributed by atoms with Crippen molar-refractivity contribution in [3.05, 3.63) is 11.9 Å². The summed E-state index contributed by atoms with van der Waals surface area (Å²) in [6.07, 6.45) is -7.27. The minimum Gasteiger partial charge on any atom is -0.394 e. The average molecular weight is 536 g/mol. The number of aryl methyl sites for hydroxylation is 2. The SMILES string of the molecule is CCCCCn1cc(CCCCO[C@@H]2OC(CO)[C@@H](O[C@H]3OC(CO)[C@@H](O)[C@H](O)C3O)C(O)[C@@H]2O)nn1. The van der Waals surface area contributed by atoms with Crippen LogP contribution in [0.4, 0.5) is 0 Å². The molecular weight excluding hydrogens is 494 g/mol. The molecule has 10 atom stereocenters. The highest BCUT2D eigenvalue weighted by Crippen LogP contribution is 2.29. The molecule has 2 fully saturated rings. The number of unbranched alkanes of at least 4 members (excludes halogenated alkanes) is 3. The molecule has 3 rings (SSSR count). The maximum absolute atomic E-state index is 10.6. The van der Waals surface area contributed by atoms with E-state index in [0.717, 1.165) is 37.9 Å². The van der Waals surface area contributed by atoms with Crippen LogP contribution in [0.15, 0.2) is 6.20 Å². The molecule has 14 nitrogen and oxygen atoms in total. The Labute approximate surface area is 215 Å². The lowest BCUT2D eigenvalue weighted by molar-refractivity contribution is -0.359. The molecule has 0 amide bonds. The number of aliphatic hydroxyl groups excluding tert-OH is 7. The molecule has 0 aromatic carbocycles. The van der Waals surface area contributed by atoms with Crippen molar-refractivity contribution in [3.63, 3.8) is 0 Å². The van der Waals surface area contributed by atoms with Crippen molar-refractivity contribution in [2.75, 3.05) is 19.8 Å². The summed E-state index contributed by atoms with van der Waals surface area (Å²) >= 11 is 0. The summed E-state index contributed by atoms with van der Waals surface area (Å²) in [6, 6.07) is 0. The van der Waals surface area contributed by atoms with Crippen molar-refractivity contribution in [2.45, 2.75) is 113 Å². The highest BCUT2D eigenvalue weighted by molar-refractivity contribution is 4.94. The monoisotopic (exact) mass is 535 g/mol. The van der Waals surface area contributed by atoms with Gasteiger partial charge in [0.25, 0.3) is 0 Å². The zero-order chi connectivity index (χ0) is 26.9. The second kappa shape index (κ2) is 14.7. The summed E-state index contributed by atoms with van der Waals surface area (Å²) in [5, 5.41) is 78.6. The predicted molar refractivity (Wildman–Crippen MR) is 125 cm³/mol. The molecule has 4 unspecified atom stereocenters. The fraction of sp³-hybridized carbons (Fsp3) is 0.913. The Morgan fingerprint density at radius 1 is 0.838 bits per heavy atom. The van der Waals surface area contributed by atoms with E-state index in [1.165, 1.54) is 0 Å². The van der Waals surface area contributed by atoms with Crippen molar-refractivity contribution < 1.29 is 54.7 Å². The molecule has 1 aromatic rings. The van der Waals surface area contributed by atoms with Crippen LogP contribution in [0.1, 0.15) is 44.7 Å². The summed E-state index contributed by atoms with van der Waals surface area (Å²) < 4.78 is 23.9. The Bertz CT molecular complexity index is 783. The first-order chi connectivity index (χ1) is 17.8. The van der Waals surface area contributed by atoms with Crippen LogP contribution in [-0.2, 0) is 31.9 Å². The third-order valence-corrected chi connectivity index (χ3v) is 6.65. The number of aliphatic hydroxyl groups is 7. The molecule has 0 aliphatic carbocycles. The van der Waals surface area contributed by atoms with Crippen molar-refractivity contribution in [2.24, 2.45) is 0 Å². The van der Waals surface area contributed by atoms with Gasteiger partial charge in [0.1, 0.15) is 48.8 Å². The van der Waals surface area contributed by atoms with Gasteiger partial charge in [-0.2, -0.15) is 0 Å². The summed E-state index contributed by atoms with van der Waals surface area (Å²) in [7, 11) is 0. The summed E-state index contributed by atoms with van der Waals surface area (Å²) in [5.74, 6) is 0. The molecule has 14 heteroatoms. The number of aromatic nitrogens is 3. The molecule has 2 aliphatic heterocycles. The minimum atomic E-state index is -1.71. The smallest absolute Gasteiger partial charge is 0.187 e. The molecule has 0 spiro atoms. The van der Waals surface area contributed by atoms with Gasteiger partial charge >= 0.3 is 0 Å². The predicted octanol–water partition coefficient (Wildman–Crippen LogP) is -2.57. The van der Waals surface area contributed by atoms with Crippen LogP contribution < -0.4 is 0 Å². The van der Waals surface area contributed by atoms with E-state index in [-0.39, 0.29) is 6.61 Å². The molecular formula is C23H41N3O11. The van der Waals surface area contributed by atoms with Crippen LogP contribution in [0.5, 0.6) is 0 Å². The van der Waals surface area contributed by atoms with Crippen molar-refractivity contribution in [3.8, 4) is 0 Å². The largest absolute Gasteiger partial charge is 0.394 e. The van der Waals surface area contributed by atoms with Crippen molar-refractivity contribution in [1.82, 2.24) is 15.0 Å². The van der Waals surface area contributed by atoms with Gasteiger partial charge in [-0.15, -0.1) is 5.10 Å². The van der Waals surface area contributed by atoms with Crippen LogP contribution >= 0.6 is 0 Å². The maximum Gasteiger partial charge on any atom is 0.187 e. The van der Waals surface area contributed by atoms with Gasteiger partial charge in [0.05, 0.1) is 18.9 Å². The fourth-order valence-corrected chi connectivity index (χ4v) is 4.39. The van der Waals surface area contributed by atoms with Gasteiger partial charge in [-0.3, -0.25) is 4.68 Å². The molecule has 7 N–H and O–H groups in total. The first-order valence-electron chi connectivity index (χ1n) is 12.9. The van der Waals surface area contributed by atoms with Crippen molar-refractivity contribution >= 4 is 0 Å². The molecule has 0 saturated carbocycles. The standard InChI is InChI=1S/C23H41N3O11/c1-2-3-5-8-26-10-13(24-25-26)7-4-6-9-34-22-20(33)18(31)21(15(12-28)36-22)37-23-19(32)17(30)16(29)14(11-27)35-23/h10,14-23,27-33H,2-9,11-12H2,1H3/t14?,15?,16-,17+,18?,19?,20+,21-,22-,23-/m1/s1. The van der Waals surface area contributed by atoms with Gasteiger partial charge in [0.2, 0.25) is 0 Å². The van der Waals surface area contributed by atoms with E-state index in [0.29, 0.717) is 12.8 Å². The Balaban J connectivity index is 1.45. The molecule has 0 radical (unpaired) electrons. The van der Waals surface area contributed by atoms with Gasteiger partial charge in [-0.25, -0.2) is 0 Å².